The zero-order chi connectivity index (χ0) is 59.1. The molecule has 0 saturated carbocycles. The lowest BCUT2D eigenvalue weighted by molar-refractivity contribution is -0.870. The molecule has 0 bridgehead atoms. The number of phosphoric acid groups is 1. The van der Waals surface area contributed by atoms with Gasteiger partial charge in [-0.15, -0.1) is 0 Å². The van der Waals surface area contributed by atoms with Gasteiger partial charge in [0.05, 0.1) is 39.9 Å². The van der Waals surface area contributed by atoms with Crippen LogP contribution in [-0.2, 0) is 18.4 Å². The fourth-order valence-electron chi connectivity index (χ4n) is 10.6. The predicted octanol–water partition coefficient (Wildman–Crippen LogP) is 22.4. The van der Waals surface area contributed by atoms with Crippen LogP contribution in [-0.4, -0.2) is 73.4 Å². The molecule has 0 aliphatic heterocycles. The van der Waals surface area contributed by atoms with E-state index < -0.39 is 20.0 Å². The van der Waals surface area contributed by atoms with Crippen LogP contribution in [0.5, 0.6) is 0 Å². The molecule has 1 amide bonds. The van der Waals surface area contributed by atoms with Crippen LogP contribution in [0.4, 0.5) is 0 Å². The quantitative estimate of drug-likeness (QED) is 0.0243. The lowest BCUT2D eigenvalue weighted by Gasteiger charge is -2.26. The van der Waals surface area contributed by atoms with Gasteiger partial charge in [-0.25, -0.2) is 4.57 Å². The Bertz CT molecular complexity index is 1500. The topological polar surface area (TPSA) is 105 Å². The first-order chi connectivity index (χ1) is 39.5. The molecule has 0 aliphatic rings. The lowest BCUT2D eigenvalue weighted by Crippen LogP contribution is -2.46. The molecular weight excluding hydrogens is 1020 g/mol. The van der Waals surface area contributed by atoms with Gasteiger partial charge in [0.15, 0.2) is 0 Å². The summed E-state index contributed by atoms with van der Waals surface area (Å²) in [5.74, 6) is -0.142. The Labute approximate surface area is 504 Å². The van der Waals surface area contributed by atoms with Gasteiger partial charge >= 0.3 is 7.82 Å². The number of likely N-dealkylation sites (N-methyl/N-ethyl adjacent to an activating group) is 1. The minimum Gasteiger partial charge on any atom is -0.391 e. The van der Waals surface area contributed by atoms with E-state index in [4.69, 9.17) is 9.05 Å². The molecule has 81 heavy (non-hydrogen) atoms. The minimum atomic E-state index is -4.33. The SMILES string of the molecule is CC/C=C\C/C=C\C/C=C\C/C=C\C/C=C\CCCCCCCCCCCCCCCC(=O)NC(COP(=O)(O)OCC[N+](C)(C)C)C(O)CCCCCCCCCCCCCCCCCCCCCCCCCCCCCCCC. The molecule has 0 spiro atoms. The zero-order valence-corrected chi connectivity index (χ0v) is 55.4. The fourth-order valence-corrected chi connectivity index (χ4v) is 11.3. The van der Waals surface area contributed by atoms with Gasteiger partial charge in [-0.3, -0.25) is 13.8 Å². The van der Waals surface area contributed by atoms with Gasteiger partial charge < -0.3 is 19.8 Å². The van der Waals surface area contributed by atoms with Crippen LogP contribution < -0.4 is 5.32 Å². The van der Waals surface area contributed by atoms with E-state index in [1.165, 1.54) is 244 Å². The number of aliphatic hydroxyl groups excluding tert-OH is 1. The summed E-state index contributed by atoms with van der Waals surface area (Å²) in [4.78, 5) is 23.5. The molecular formula is C72H138N2O6P+. The molecule has 0 aliphatic carbocycles. The van der Waals surface area contributed by atoms with Crippen molar-refractivity contribution in [2.45, 2.75) is 353 Å². The number of rotatable bonds is 65. The summed E-state index contributed by atoms with van der Waals surface area (Å²) in [6.07, 6.45) is 86.1. The highest BCUT2D eigenvalue weighted by Gasteiger charge is 2.28. The molecule has 8 nitrogen and oxygen atoms in total. The lowest BCUT2D eigenvalue weighted by atomic mass is 10.0. The normalized spacial score (nSPS) is 14.0. The van der Waals surface area contributed by atoms with Crippen molar-refractivity contribution >= 4 is 13.7 Å². The van der Waals surface area contributed by atoms with Crippen LogP contribution in [0.25, 0.3) is 0 Å². The van der Waals surface area contributed by atoms with Gasteiger partial charge in [-0.05, 0) is 57.8 Å². The molecule has 9 heteroatoms. The third-order valence-corrected chi connectivity index (χ3v) is 17.0. The Morgan fingerprint density at radius 1 is 0.432 bits per heavy atom. The first-order valence-electron chi connectivity index (χ1n) is 35.2. The highest BCUT2D eigenvalue weighted by molar-refractivity contribution is 7.47. The highest BCUT2D eigenvalue weighted by Crippen LogP contribution is 2.43. The van der Waals surface area contributed by atoms with Crippen molar-refractivity contribution in [2.75, 3.05) is 40.9 Å². The van der Waals surface area contributed by atoms with Crippen LogP contribution in [0, 0.1) is 0 Å². The Balaban J connectivity index is 4.03. The average molecular weight is 1160 g/mol. The van der Waals surface area contributed by atoms with E-state index in [1.54, 1.807) is 0 Å². The zero-order valence-electron chi connectivity index (χ0n) is 54.5. The van der Waals surface area contributed by atoms with Crippen molar-refractivity contribution in [1.82, 2.24) is 5.32 Å². The Hall–Kier alpha value is -1.80. The third-order valence-electron chi connectivity index (χ3n) is 16.0. The van der Waals surface area contributed by atoms with Crippen molar-refractivity contribution in [3.05, 3.63) is 60.8 Å². The van der Waals surface area contributed by atoms with Gasteiger partial charge in [0.2, 0.25) is 5.91 Å². The molecule has 3 N–H and O–H groups in total. The maximum atomic E-state index is 13.1. The first-order valence-corrected chi connectivity index (χ1v) is 36.6. The van der Waals surface area contributed by atoms with Crippen LogP contribution in [0.3, 0.4) is 0 Å². The number of carbonyl (C=O) groups excluding carboxylic acids is 1. The second kappa shape index (κ2) is 62.7. The van der Waals surface area contributed by atoms with Gasteiger partial charge in [-0.1, -0.05) is 338 Å². The Morgan fingerprint density at radius 3 is 1.09 bits per heavy atom. The Morgan fingerprint density at radius 2 is 0.741 bits per heavy atom. The van der Waals surface area contributed by atoms with Crippen LogP contribution in [0.2, 0.25) is 0 Å². The summed E-state index contributed by atoms with van der Waals surface area (Å²) in [5, 5.41) is 14.2. The number of phosphoric ester groups is 1. The number of nitrogens with one attached hydrogen (secondary N) is 1. The fraction of sp³-hybridized carbons (Fsp3) is 0.847. The van der Waals surface area contributed by atoms with E-state index in [0.29, 0.717) is 23.9 Å². The van der Waals surface area contributed by atoms with Crippen molar-refractivity contribution in [1.29, 1.82) is 0 Å². The number of hydrogen-bond donors (Lipinski definition) is 3. The first kappa shape index (κ1) is 79.2. The Kier molecular flexibility index (Phi) is 61.3. The smallest absolute Gasteiger partial charge is 0.391 e. The molecule has 0 saturated heterocycles. The van der Waals surface area contributed by atoms with E-state index >= 15 is 0 Å². The predicted molar refractivity (Wildman–Crippen MR) is 355 cm³/mol. The summed E-state index contributed by atoms with van der Waals surface area (Å²) >= 11 is 0. The van der Waals surface area contributed by atoms with E-state index in [-0.39, 0.29) is 19.1 Å². The number of quaternary nitrogens is 1. The number of nitrogens with zero attached hydrogens (tertiary/aromatic N) is 1. The molecule has 0 heterocycles. The number of allylic oxidation sites excluding steroid dienone is 10. The number of aliphatic hydroxyl groups is 1. The average Bonchev–Trinajstić information content (AvgIpc) is 3.43. The molecule has 0 aromatic heterocycles. The van der Waals surface area contributed by atoms with Crippen molar-refractivity contribution in [3.8, 4) is 0 Å². The molecule has 0 aromatic rings. The molecule has 0 fully saturated rings. The standard InChI is InChI=1S/C72H137N2O6P/c1-6-8-10-12-14-16-18-20-22-24-26-28-30-32-34-36-38-39-41-43-45-47-49-51-53-55-57-59-61-63-65-71(75)70(69-80-81(77,78)79-68-67-74(3,4)5)73-72(76)66-64-62-60-58-56-54-52-50-48-46-44-42-40-37-35-33-31-29-27-25-23-21-19-17-15-13-11-9-7-2/h9,11,15,17,21,23,27,29,33,35,70-71,75H,6-8,10,12-14,16,18-20,22,24-26,28,30-32,34,36-69H2,1-5H3,(H-,73,76,77,78)/p+1/b11-9-,17-15-,23-21-,29-27-,35-33-. The monoisotopic (exact) mass is 1160 g/mol. The maximum absolute atomic E-state index is 13.1. The number of hydrogen-bond acceptors (Lipinski definition) is 5. The van der Waals surface area contributed by atoms with Gasteiger partial charge in [0, 0.05) is 6.42 Å². The van der Waals surface area contributed by atoms with E-state index in [1.807, 2.05) is 21.1 Å². The number of unbranched alkanes of at least 4 members (excludes halogenated alkanes) is 42. The summed E-state index contributed by atoms with van der Waals surface area (Å²) in [5.41, 5.74) is 0. The summed E-state index contributed by atoms with van der Waals surface area (Å²) in [6, 6.07) is -0.766. The number of amides is 1. The largest absolute Gasteiger partial charge is 0.472 e. The van der Waals surface area contributed by atoms with Gasteiger partial charge in [0.25, 0.3) is 0 Å². The highest BCUT2D eigenvalue weighted by atomic mass is 31.2. The van der Waals surface area contributed by atoms with E-state index in [9.17, 15) is 19.4 Å². The number of carbonyl (C=O) groups is 1. The minimum absolute atomic E-state index is 0.0738. The van der Waals surface area contributed by atoms with E-state index in [2.05, 4.69) is 79.9 Å². The summed E-state index contributed by atoms with van der Waals surface area (Å²) < 4.78 is 23.9. The summed E-state index contributed by atoms with van der Waals surface area (Å²) in [6.45, 7) is 4.82. The van der Waals surface area contributed by atoms with Gasteiger partial charge in [-0.2, -0.15) is 0 Å². The van der Waals surface area contributed by atoms with Crippen LogP contribution >= 0.6 is 7.82 Å². The molecule has 3 unspecified atom stereocenters. The molecule has 3 atom stereocenters. The third kappa shape index (κ3) is 65.6. The molecule has 0 aromatic carbocycles. The van der Waals surface area contributed by atoms with Crippen molar-refractivity contribution < 1.29 is 32.9 Å². The molecule has 0 radical (unpaired) electrons. The second-order valence-electron chi connectivity index (χ2n) is 25.2. The van der Waals surface area contributed by atoms with Crippen LogP contribution in [0.1, 0.15) is 341 Å². The van der Waals surface area contributed by atoms with Crippen molar-refractivity contribution in [2.24, 2.45) is 0 Å². The van der Waals surface area contributed by atoms with Crippen LogP contribution in [0.15, 0.2) is 60.8 Å². The summed E-state index contributed by atoms with van der Waals surface area (Å²) in [7, 11) is 1.62. The molecule has 0 rings (SSSR count). The molecule has 476 valence electrons. The second-order valence-corrected chi connectivity index (χ2v) is 26.7. The van der Waals surface area contributed by atoms with E-state index in [0.717, 1.165) is 70.6 Å². The van der Waals surface area contributed by atoms with Crippen molar-refractivity contribution in [3.63, 3.8) is 0 Å². The maximum Gasteiger partial charge on any atom is 0.472 e. The van der Waals surface area contributed by atoms with Gasteiger partial charge in [0.1, 0.15) is 13.2 Å².